The second-order valence-corrected chi connectivity index (χ2v) is 6.43. The number of hydrogen-bond donors (Lipinski definition) is 1. The van der Waals surface area contributed by atoms with Crippen LogP contribution < -0.4 is 5.73 Å². The molecule has 1 saturated carbocycles. The van der Waals surface area contributed by atoms with E-state index in [1.54, 1.807) is 4.90 Å². The van der Waals surface area contributed by atoms with E-state index in [4.69, 9.17) is 18.0 Å². The maximum Gasteiger partial charge on any atom is 0.223 e. The van der Waals surface area contributed by atoms with E-state index < -0.39 is 0 Å². The molecule has 19 heavy (non-hydrogen) atoms. The average molecular weight is 285 g/mol. The highest BCUT2D eigenvalue weighted by atomic mass is 32.1. The van der Waals surface area contributed by atoms with Crippen LogP contribution >= 0.6 is 12.2 Å². The van der Waals surface area contributed by atoms with Crippen molar-refractivity contribution in [2.45, 2.75) is 45.6 Å². The van der Waals surface area contributed by atoms with E-state index in [-0.39, 0.29) is 5.91 Å². The maximum absolute atomic E-state index is 12.0. The van der Waals surface area contributed by atoms with Crippen molar-refractivity contribution in [3.05, 3.63) is 0 Å². The molecule has 4 nitrogen and oxygen atoms in total. The summed E-state index contributed by atoms with van der Waals surface area (Å²) in [4.78, 5) is 16.7. The highest BCUT2D eigenvalue weighted by Gasteiger charge is 2.29. The number of rotatable bonds is 9. The minimum Gasteiger partial charge on any atom is -0.393 e. The maximum atomic E-state index is 12.0. The van der Waals surface area contributed by atoms with E-state index >= 15 is 0 Å². The first kappa shape index (κ1) is 16.4. The zero-order chi connectivity index (χ0) is 14.4. The van der Waals surface area contributed by atoms with Crippen LogP contribution in [0.25, 0.3) is 0 Å². The van der Waals surface area contributed by atoms with Crippen molar-refractivity contribution < 1.29 is 4.79 Å². The smallest absolute Gasteiger partial charge is 0.223 e. The fourth-order valence-corrected chi connectivity index (χ4v) is 2.26. The molecule has 5 heteroatoms. The number of thiocarbonyl (C=S) groups is 1. The van der Waals surface area contributed by atoms with Crippen LogP contribution in [0.3, 0.4) is 0 Å². The lowest BCUT2D eigenvalue weighted by Gasteiger charge is -2.25. The Morgan fingerprint density at radius 3 is 2.42 bits per heavy atom. The van der Waals surface area contributed by atoms with E-state index in [1.165, 1.54) is 12.8 Å². The lowest BCUT2D eigenvalue weighted by molar-refractivity contribution is -0.130. The summed E-state index contributed by atoms with van der Waals surface area (Å²) < 4.78 is 0. The summed E-state index contributed by atoms with van der Waals surface area (Å²) >= 11 is 4.83. The molecule has 2 N–H and O–H groups in total. The Balaban J connectivity index is 2.28. The van der Waals surface area contributed by atoms with Crippen molar-refractivity contribution in [2.75, 3.05) is 26.7 Å². The molecule has 0 aromatic heterocycles. The van der Waals surface area contributed by atoms with Gasteiger partial charge in [-0.1, -0.05) is 26.1 Å². The average Bonchev–Trinajstić information content (AvgIpc) is 3.14. The molecule has 0 aliphatic heterocycles. The van der Waals surface area contributed by atoms with Crippen molar-refractivity contribution in [1.29, 1.82) is 0 Å². The minimum atomic E-state index is 0.186. The number of hydrogen-bond acceptors (Lipinski definition) is 3. The monoisotopic (exact) mass is 285 g/mol. The highest BCUT2D eigenvalue weighted by molar-refractivity contribution is 7.80. The van der Waals surface area contributed by atoms with Crippen molar-refractivity contribution in [3.8, 4) is 0 Å². The topological polar surface area (TPSA) is 49.6 Å². The largest absolute Gasteiger partial charge is 0.393 e. The standard InChI is InChI=1S/C14H27N3OS/c1-11(2)10-17(12-4-5-12)9-7-14(18)16(3)8-6-13(15)19/h11-12H,4-10H2,1-3H3,(H2,15,19). The second-order valence-electron chi connectivity index (χ2n) is 5.90. The van der Waals surface area contributed by atoms with E-state index in [0.29, 0.717) is 30.3 Å². The first-order valence-corrected chi connectivity index (χ1v) is 7.57. The molecule has 110 valence electrons. The molecule has 1 aliphatic rings. The molecule has 1 fully saturated rings. The Morgan fingerprint density at radius 2 is 1.95 bits per heavy atom. The summed E-state index contributed by atoms with van der Waals surface area (Å²) in [5.41, 5.74) is 5.45. The summed E-state index contributed by atoms with van der Waals surface area (Å²) in [6.45, 7) is 7.05. The lowest BCUT2D eigenvalue weighted by atomic mass is 10.2. The quantitative estimate of drug-likeness (QED) is 0.654. The van der Waals surface area contributed by atoms with Crippen LogP contribution in [0.5, 0.6) is 0 Å². The summed E-state index contributed by atoms with van der Waals surface area (Å²) in [6, 6.07) is 0.720. The van der Waals surface area contributed by atoms with Crippen LogP contribution in [0, 0.1) is 5.92 Å². The molecule has 0 atom stereocenters. The molecule has 0 spiro atoms. The molecule has 0 heterocycles. The molecule has 0 radical (unpaired) electrons. The van der Waals surface area contributed by atoms with Gasteiger partial charge in [-0.15, -0.1) is 0 Å². The Labute approximate surface area is 122 Å². The van der Waals surface area contributed by atoms with Gasteiger partial charge in [-0.25, -0.2) is 0 Å². The zero-order valence-electron chi connectivity index (χ0n) is 12.4. The highest BCUT2D eigenvalue weighted by Crippen LogP contribution is 2.27. The van der Waals surface area contributed by atoms with Gasteiger partial charge in [-0.05, 0) is 18.8 Å². The fourth-order valence-electron chi connectivity index (χ4n) is 2.16. The third-order valence-electron chi connectivity index (χ3n) is 3.40. The van der Waals surface area contributed by atoms with Crippen molar-refractivity contribution in [3.63, 3.8) is 0 Å². The van der Waals surface area contributed by atoms with Crippen LogP contribution in [0.4, 0.5) is 0 Å². The summed E-state index contributed by atoms with van der Waals surface area (Å²) in [5, 5.41) is 0. The first-order valence-electron chi connectivity index (χ1n) is 7.16. The molecule has 0 aromatic carbocycles. The molecular formula is C14H27N3OS. The Hall–Kier alpha value is -0.680. The number of carbonyl (C=O) groups excluding carboxylic acids is 1. The van der Waals surface area contributed by atoms with Gasteiger partial charge >= 0.3 is 0 Å². The lowest BCUT2D eigenvalue weighted by Crippen LogP contribution is -2.36. The van der Waals surface area contributed by atoms with Gasteiger partial charge in [-0.3, -0.25) is 9.69 Å². The minimum absolute atomic E-state index is 0.186. The molecule has 0 unspecified atom stereocenters. The third kappa shape index (κ3) is 6.87. The molecule has 0 aromatic rings. The first-order chi connectivity index (χ1) is 8.90. The van der Waals surface area contributed by atoms with Gasteiger partial charge in [0.15, 0.2) is 0 Å². The van der Waals surface area contributed by atoms with Crippen molar-refractivity contribution in [1.82, 2.24) is 9.80 Å². The van der Waals surface area contributed by atoms with Crippen LogP contribution in [0.1, 0.15) is 39.5 Å². The van der Waals surface area contributed by atoms with E-state index in [9.17, 15) is 4.79 Å². The van der Waals surface area contributed by atoms with Gasteiger partial charge in [0, 0.05) is 45.6 Å². The van der Waals surface area contributed by atoms with Crippen molar-refractivity contribution in [2.24, 2.45) is 11.7 Å². The fraction of sp³-hybridized carbons (Fsp3) is 0.857. The van der Waals surface area contributed by atoms with Gasteiger partial charge in [0.1, 0.15) is 0 Å². The molecule has 0 saturated heterocycles. The van der Waals surface area contributed by atoms with E-state index in [0.717, 1.165) is 19.1 Å². The van der Waals surface area contributed by atoms with E-state index in [2.05, 4.69) is 18.7 Å². The molecule has 1 amide bonds. The van der Waals surface area contributed by atoms with Crippen LogP contribution in [-0.4, -0.2) is 53.4 Å². The molecule has 0 bridgehead atoms. The molecule has 1 aliphatic carbocycles. The Morgan fingerprint density at radius 1 is 1.32 bits per heavy atom. The summed E-state index contributed by atoms with van der Waals surface area (Å²) in [7, 11) is 1.82. The van der Waals surface area contributed by atoms with E-state index in [1.807, 2.05) is 7.05 Å². The SMILES string of the molecule is CC(C)CN(CCC(=O)N(C)CCC(N)=S)C1CC1. The predicted molar refractivity (Wildman–Crippen MR) is 83.1 cm³/mol. The molecule has 1 rings (SSSR count). The van der Waals surface area contributed by atoms with Gasteiger partial charge in [-0.2, -0.15) is 0 Å². The normalized spacial score (nSPS) is 15.0. The predicted octanol–water partition coefficient (Wildman–Crippen LogP) is 1.63. The second kappa shape index (κ2) is 7.80. The zero-order valence-corrected chi connectivity index (χ0v) is 13.2. The van der Waals surface area contributed by atoms with Gasteiger partial charge in [0.05, 0.1) is 4.99 Å². The Bertz CT molecular complexity index is 316. The van der Waals surface area contributed by atoms with Crippen LogP contribution in [0.15, 0.2) is 0 Å². The number of nitrogens with two attached hydrogens (primary N) is 1. The van der Waals surface area contributed by atoms with Crippen molar-refractivity contribution >= 4 is 23.1 Å². The van der Waals surface area contributed by atoms with Gasteiger partial charge in [0.25, 0.3) is 0 Å². The molecular weight excluding hydrogens is 258 g/mol. The summed E-state index contributed by atoms with van der Waals surface area (Å²) in [6.07, 6.45) is 3.78. The van der Waals surface area contributed by atoms with Crippen LogP contribution in [-0.2, 0) is 4.79 Å². The number of nitrogens with zero attached hydrogens (tertiary/aromatic N) is 2. The van der Waals surface area contributed by atoms with Gasteiger partial charge in [0.2, 0.25) is 5.91 Å². The number of amides is 1. The summed E-state index contributed by atoms with van der Waals surface area (Å²) in [5.74, 6) is 0.841. The Kier molecular flexibility index (Phi) is 6.72. The van der Waals surface area contributed by atoms with Crippen LogP contribution in [0.2, 0.25) is 0 Å². The number of carbonyl (C=O) groups is 1. The third-order valence-corrected chi connectivity index (χ3v) is 3.60. The van der Waals surface area contributed by atoms with Gasteiger partial charge < -0.3 is 10.6 Å².